The lowest BCUT2D eigenvalue weighted by Crippen LogP contribution is -2.36. The molecule has 0 bridgehead atoms. The first-order valence-electron chi connectivity index (χ1n) is 7.49. The van der Waals surface area contributed by atoms with Gasteiger partial charge in [-0.3, -0.25) is 14.3 Å². The molecule has 1 heterocycles. The normalized spacial score (nSPS) is 10.8. The van der Waals surface area contributed by atoms with Crippen molar-refractivity contribution >= 4 is 0 Å². The number of hydrogen-bond donors (Lipinski definition) is 1. The summed E-state index contributed by atoms with van der Waals surface area (Å²) >= 11 is 0. The van der Waals surface area contributed by atoms with Crippen molar-refractivity contribution in [1.29, 1.82) is 0 Å². The molecule has 0 aliphatic heterocycles. The molecule has 2 aromatic rings. The van der Waals surface area contributed by atoms with Crippen molar-refractivity contribution in [3.8, 4) is 12.3 Å². The molecule has 1 N–H and O–H groups in total. The number of terminal acetylenes is 1. The molecule has 0 amide bonds. The first-order chi connectivity index (χ1) is 12.3. The molecule has 2 rings (SSSR count). The molecule has 138 valence electrons. The molecule has 0 atom stereocenters. The Balaban J connectivity index is 2.67. The minimum absolute atomic E-state index is 0.0253. The van der Waals surface area contributed by atoms with Crippen molar-refractivity contribution in [3.05, 3.63) is 67.0 Å². The number of H-pyrrole nitrogens is 1. The van der Waals surface area contributed by atoms with Crippen molar-refractivity contribution in [3.63, 3.8) is 0 Å². The molecule has 5 nitrogen and oxygen atoms in total. The standard InChI is InChI=1S/C17H14F4N2O3/c1-3-5-26-8-23-13(9(4-2)16(24)22-17(23)25)6-10-14(20)11(18)7-12(19)15(10)21/h1,7H,4-6,8H2,2H3,(H,22,24,25). The van der Waals surface area contributed by atoms with Gasteiger partial charge in [-0.25, -0.2) is 22.4 Å². The quantitative estimate of drug-likeness (QED) is 0.365. The number of halogens is 4. The summed E-state index contributed by atoms with van der Waals surface area (Å²) < 4.78 is 60.8. The largest absolute Gasteiger partial charge is 0.348 e. The van der Waals surface area contributed by atoms with Gasteiger partial charge in [0.15, 0.2) is 23.3 Å². The van der Waals surface area contributed by atoms with Crippen LogP contribution < -0.4 is 11.2 Å². The maximum absolute atomic E-state index is 14.0. The fourth-order valence-electron chi connectivity index (χ4n) is 2.50. The van der Waals surface area contributed by atoms with Crippen molar-refractivity contribution < 1.29 is 22.3 Å². The lowest BCUT2D eigenvalue weighted by Gasteiger charge is -2.16. The lowest BCUT2D eigenvalue weighted by molar-refractivity contribution is 0.0980. The SMILES string of the molecule is C#CCOCn1c(Cc2c(F)c(F)cc(F)c2F)c(CC)c(=O)[nH]c1=O. The van der Waals surface area contributed by atoms with Gasteiger partial charge in [-0.2, -0.15) is 0 Å². The third-order valence-electron chi connectivity index (χ3n) is 3.72. The summed E-state index contributed by atoms with van der Waals surface area (Å²) in [6.45, 7) is 0.997. The number of ether oxygens (including phenoxy) is 1. The van der Waals surface area contributed by atoms with Crippen LogP contribution in [0.2, 0.25) is 0 Å². The van der Waals surface area contributed by atoms with E-state index in [-0.39, 0.29) is 30.4 Å². The van der Waals surface area contributed by atoms with Crippen LogP contribution in [0.4, 0.5) is 17.6 Å². The van der Waals surface area contributed by atoms with Gasteiger partial charge in [0.25, 0.3) is 5.56 Å². The summed E-state index contributed by atoms with van der Waals surface area (Å²) in [6.07, 6.45) is 4.41. The molecule has 0 saturated carbocycles. The van der Waals surface area contributed by atoms with E-state index in [9.17, 15) is 27.2 Å². The van der Waals surface area contributed by atoms with Crippen LogP contribution in [0.25, 0.3) is 0 Å². The van der Waals surface area contributed by atoms with Gasteiger partial charge in [0.05, 0.1) is 0 Å². The van der Waals surface area contributed by atoms with E-state index >= 15 is 0 Å². The number of benzene rings is 1. The summed E-state index contributed by atoms with van der Waals surface area (Å²) in [7, 11) is 0. The van der Waals surface area contributed by atoms with Gasteiger partial charge < -0.3 is 4.74 Å². The van der Waals surface area contributed by atoms with Crippen LogP contribution in [0.5, 0.6) is 0 Å². The Morgan fingerprint density at radius 1 is 1.15 bits per heavy atom. The number of nitrogens with zero attached hydrogens (tertiary/aromatic N) is 1. The minimum Gasteiger partial charge on any atom is -0.348 e. The van der Waals surface area contributed by atoms with E-state index in [4.69, 9.17) is 11.2 Å². The molecule has 9 heteroatoms. The molecule has 0 spiro atoms. The van der Waals surface area contributed by atoms with Gasteiger partial charge >= 0.3 is 5.69 Å². The molecular formula is C17H14F4N2O3. The fraction of sp³-hybridized carbons (Fsp3) is 0.294. The summed E-state index contributed by atoms with van der Waals surface area (Å²) in [5, 5.41) is 0. The Morgan fingerprint density at radius 3 is 2.31 bits per heavy atom. The van der Waals surface area contributed by atoms with Crippen LogP contribution in [-0.2, 0) is 24.3 Å². The predicted octanol–water partition coefficient (Wildman–Crippen LogP) is 1.85. The van der Waals surface area contributed by atoms with E-state index in [1.807, 2.05) is 4.98 Å². The molecule has 0 aliphatic carbocycles. The summed E-state index contributed by atoms with van der Waals surface area (Å²) in [6, 6.07) is 0.0792. The topological polar surface area (TPSA) is 64.1 Å². The monoisotopic (exact) mass is 370 g/mol. The molecule has 0 radical (unpaired) electrons. The fourth-order valence-corrected chi connectivity index (χ4v) is 2.50. The maximum Gasteiger partial charge on any atom is 0.330 e. The summed E-state index contributed by atoms with van der Waals surface area (Å²) in [4.78, 5) is 26.1. The second kappa shape index (κ2) is 8.01. The van der Waals surface area contributed by atoms with Crippen molar-refractivity contribution in [2.24, 2.45) is 0 Å². The van der Waals surface area contributed by atoms with Gasteiger partial charge in [-0.05, 0) is 6.42 Å². The number of nitrogens with one attached hydrogen (secondary N) is 1. The molecule has 1 aromatic carbocycles. The van der Waals surface area contributed by atoms with Crippen LogP contribution >= 0.6 is 0 Å². The highest BCUT2D eigenvalue weighted by molar-refractivity contribution is 5.30. The summed E-state index contributed by atoms with van der Waals surface area (Å²) in [5.74, 6) is -4.20. The molecule has 1 aromatic heterocycles. The van der Waals surface area contributed by atoms with Gasteiger partial charge in [0, 0.05) is 29.3 Å². The van der Waals surface area contributed by atoms with Crippen LogP contribution in [0, 0.1) is 35.6 Å². The zero-order valence-electron chi connectivity index (χ0n) is 13.7. The second-order valence-electron chi connectivity index (χ2n) is 5.27. The van der Waals surface area contributed by atoms with Crippen molar-refractivity contribution in [1.82, 2.24) is 9.55 Å². The number of aromatic nitrogens is 2. The molecule has 0 aliphatic rings. The van der Waals surface area contributed by atoms with Crippen LogP contribution in [0.1, 0.15) is 23.7 Å². The van der Waals surface area contributed by atoms with Crippen LogP contribution in [0.3, 0.4) is 0 Å². The Kier molecular flexibility index (Phi) is 6.00. The number of aromatic amines is 1. The van der Waals surface area contributed by atoms with E-state index in [2.05, 4.69) is 5.92 Å². The zero-order chi connectivity index (χ0) is 19.4. The maximum atomic E-state index is 14.0. The average Bonchev–Trinajstić information content (AvgIpc) is 2.59. The molecular weight excluding hydrogens is 356 g/mol. The van der Waals surface area contributed by atoms with Gasteiger partial charge in [0.1, 0.15) is 13.3 Å². The Morgan fingerprint density at radius 2 is 1.77 bits per heavy atom. The molecule has 0 saturated heterocycles. The van der Waals surface area contributed by atoms with E-state index in [1.54, 1.807) is 6.92 Å². The van der Waals surface area contributed by atoms with Crippen LogP contribution in [-0.4, -0.2) is 16.2 Å². The van der Waals surface area contributed by atoms with Gasteiger partial charge in [-0.15, -0.1) is 6.42 Å². The first kappa shape index (κ1) is 19.5. The van der Waals surface area contributed by atoms with Gasteiger partial charge in [-0.1, -0.05) is 12.8 Å². The summed E-state index contributed by atoms with van der Waals surface area (Å²) in [5.41, 5.74) is -2.71. The third kappa shape index (κ3) is 3.70. The van der Waals surface area contributed by atoms with E-state index in [0.717, 1.165) is 4.57 Å². The zero-order valence-corrected chi connectivity index (χ0v) is 13.7. The smallest absolute Gasteiger partial charge is 0.330 e. The van der Waals surface area contributed by atoms with E-state index < -0.39 is 53.2 Å². The highest BCUT2D eigenvalue weighted by atomic mass is 19.2. The average molecular weight is 370 g/mol. The van der Waals surface area contributed by atoms with E-state index in [0.29, 0.717) is 0 Å². The molecule has 0 unspecified atom stereocenters. The van der Waals surface area contributed by atoms with Crippen molar-refractivity contribution in [2.45, 2.75) is 26.5 Å². The first-order valence-corrected chi connectivity index (χ1v) is 7.49. The Labute approximate surface area is 145 Å². The number of hydrogen-bond acceptors (Lipinski definition) is 3. The highest BCUT2D eigenvalue weighted by Gasteiger charge is 2.23. The Hall–Kier alpha value is -2.86. The molecule has 0 fully saturated rings. The minimum atomic E-state index is -1.60. The third-order valence-corrected chi connectivity index (χ3v) is 3.72. The van der Waals surface area contributed by atoms with Crippen molar-refractivity contribution in [2.75, 3.05) is 6.61 Å². The lowest BCUT2D eigenvalue weighted by atomic mass is 10.0. The van der Waals surface area contributed by atoms with Crippen LogP contribution in [0.15, 0.2) is 15.7 Å². The number of rotatable bonds is 6. The second-order valence-corrected chi connectivity index (χ2v) is 5.27. The Bertz CT molecular complexity index is 963. The van der Waals surface area contributed by atoms with E-state index in [1.165, 1.54) is 0 Å². The van der Waals surface area contributed by atoms with Gasteiger partial charge in [0.2, 0.25) is 0 Å². The molecule has 26 heavy (non-hydrogen) atoms. The predicted molar refractivity (Wildman–Crippen MR) is 84.6 cm³/mol. The highest BCUT2D eigenvalue weighted by Crippen LogP contribution is 2.22.